The van der Waals surface area contributed by atoms with Crippen LogP contribution in [0.4, 0.5) is 0 Å². The molecule has 0 radical (unpaired) electrons. The molecule has 0 aromatic carbocycles. The Morgan fingerprint density at radius 1 is 1.50 bits per heavy atom. The van der Waals surface area contributed by atoms with Crippen molar-refractivity contribution in [3.63, 3.8) is 0 Å². The quantitative estimate of drug-likeness (QED) is 0.816. The van der Waals surface area contributed by atoms with E-state index < -0.39 is 0 Å². The number of nitrogens with one attached hydrogen (secondary N) is 1. The van der Waals surface area contributed by atoms with Crippen LogP contribution in [0.3, 0.4) is 0 Å². The molecule has 0 aliphatic heterocycles. The molecule has 0 unspecified atom stereocenters. The maximum atomic E-state index is 10.3. The Labute approximate surface area is 89.7 Å². The van der Waals surface area contributed by atoms with Gasteiger partial charge in [-0.2, -0.15) is 5.10 Å². The Bertz CT molecular complexity index is 401. The monoisotopic (exact) mass is 231 g/mol. The van der Waals surface area contributed by atoms with Crippen molar-refractivity contribution in [3.05, 3.63) is 24.2 Å². The SMILES string of the molecule is Cl.O=Cc1ccc(Sc2ncn[nH]2)o1. The maximum absolute atomic E-state index is 10.3. The minimum absolute atomic E-state index is 0. The van der Waals surface area contributed by atoms with Gasteiger partial charge in [-0.15, -0.1) is 12.4 Å². The molecule has 0 aliphatic rings. The van der Waals surface area contributed by atoms with E-state index in [1.54, 1.807) is 12.1 Å². The second-order valence-corrected chi connectivity index (χ2v) is 3.16. The number of rotatable bonds is 3. The molecule has 2 heterocycles. The summed E-state index contributed by atoms with van der Waals surface area (Å²) >= 11 is 1.28. The zero-order valence-corrected chi connectivity index (χ0v) is 8.47. The van der Waals surface area contributed by atoms with Crippen LogP contribution in [-0.4, -0.2) is 21.5 Å². The number of aromatic nitrogens is 3. The fraction of sp³-hybridized carbons (Fsp3) is 0. The predicted molar refractivity (Wildman–Crippen MR) is 51.8 cm³/mol. The van der Waals surface area contributed by atoms with Gasteiger partial charge in [-0.25, -0.2) is 4.98 Å². The number of carbonyl (C=O) groups excluding carboxylic acids is 1. The fourth-order valence-corrected chi connectivity index (χ4v) is 1.45. The average molecular weight is 232 g/mol. The van der Waals surface area contributed by atoms with Gasteiger partial charge in [-0.1, -0.05) is 0 Å². The van der Waals surface area contributed by atoms with Crippen molar-refractivity contribution in [1.82, 2.24) is 15.2 Å². The number of hydrogen-bond acceptors (Lipinski definition) is 5. The second kappa shape index (κ2) is 4.83. The van der Waals surface area contributed by atoms with Gasteiger partial charge in [-0.05, 0) is 23.9 Å². The Morgan fingerprint density at radius 3 is 2.93 bits per heavy atom. The molecular weight excluding hydrogens is 226 g/mol. The number of nitrogens with zero attached hydrogens (tertiary/aromatic N) is 2. The van der Waals surface area contributed by atoms with Crippen LogP contribution in [0.5, 0.6) is 0 Å². The number of aldehydes is 1. The summed E-state index contributed by atoms with van der Waals surface area (Å²) < 4.78 is 5.11. The molecule has 0 spiro atoms. The first-order chi connectivity index (χ1) is 6.38. The normalized spacial score (nSPS) is 9.43. The lowest BCUT2D eigenvalue weighted by Crippen LogP contribution is -1.73. The van der Waals surface area contributed by atoms with Crippen molar-refractivity contribution >= 4 is 30.5 Å². The minimum atomic E-state index is 0. The summed E-state index contributed by atoms with van der Waals surface area (Å²) in [5.41, 5.74) is 0. The first-order valence-electron chi connectivity index (χ1n) is 3.47. The zero-order valence-electron chi connectivity index (χ0n) is 6.84. The Hall–Kier alpha value is -1.27. The topological polar surface area (TPSA) is 71.8 Å². The van der Waals surface area contributed by atoms with E-state index in [2.05, 4.69) is 15.2 Å². The van der Waals surface area contributed by atoms with Crippen LogP contribution in [0.1, 0.15) is 10.6 Å². The lowest BCUT2D eigenvalue weighted by atomic mass is 10.5. The standard InChI is InChI=1S/C7H5N3O2S.ClH/c11-3-5-1-2-6(12-5)13-7-8-4-9-10-7;/h1-4H,(H,8,9,10);1H. The van der Waals surface area contributed by atoms with E-state index in [-0.39, 0.29) is 12.4 Å². The molecule has 1 N–H and O–H groups in total. The summed E-state index contributed by atoms with van der Waals surface area (Å²) in [5.74, 6) is 0.307. The highest BCUT2D eigenvalue weighted by Crippen LogP contribution is 2.25. The van der Waals surface area contributed by atoms with Gasteiger partial charge in [-0.3, -0.25) is 9.89 Å². The van der Waals surface area contributed by atoms with Crippen molar-refractivity contribution in [2.24, 2.45) is 0 Å². The number of aromatic amines is 1. The van der Waals surface area contributed by atoms with Gasteiger partial charge in [0, 0.05) is 0 Å². The van der Waals surface area contributed by atoms with E-state index in [0.29, 0.717) is 22.3 Å². The third-order valence-electron chi connectivity index (χ3n) is 1.31. The predicted octanol–water partition coefficient (Wildman–Crippen LogP) is 1.78. The fourth-order valence-electron chi connectivity index (χ4n) is 0.791. The van der Waals surface area contributed by atoms with Crippen LogP contribution in [-0.2, 0) is 0 Å². The van der Waals surface area contributed by atoms with Crippen molar-refractivity contribution in [2.75, 3.05) is 0 Å². The van der Waals surface area contributed by atoms with E-state index in [4.69, 9.17) is 4.42 Å². The molecule has 5 nitrogen and oxygen atoms in total. The van der Waals surface area contributed by atoms with E-state index in [1.807, 2.05) is 0 Å². The van der Waals surface area contributed by atoms with Gasteiger partial charge >= 0.3 is 0 Å². The summed E-state index contributed by atoms with van der Waals surface area (Å²) in [4.78, 5) is 14.2. The van der Waals surface area contributed by atoms with Gasteiger partial charge in [0.05, 0.1) is 0 Å². The van der Waals surface area contributed by atoms with E-state index in [0.717, 1.165) is 0 Å². The van der Waals surface area contributed by atoms with Crippen LogP contribution in [0.25, 0.3) is 0 Å². The highest BCUT2D eigenvalue weighted by molar-refractivity contribution is 7.99. The molecule has 0 saturated carbocycles. The van der Waals surface area contributed by atoms with E-state index in [9.17, 15) is 4.79 Å². The molecular formula is C7H6ClN3O2S. The van der Waals surface area contributed by atoms with Crippen LogP contribution in [0, 0.1) is 0 Å². The summed E-state index contributed by atoms with van der Waals surface area (Å²) in [7, 11) is 0. The third kappa shape index (κ3) is 2.36. The summed E-state index contributed by atoms with van der Waals surface area (Å²) in [5, 5.41) is 7.58. The van der Waals surface area contributed by atoms with Gasteiger partial charge in [0.2, 0.25) is 0 Å². The molecule has 2 rings (SSSR count). The lowest BCUT2D eigenvalue weighted by molar-refractivity contribution is 0.109. The molecule has 2 aromatic rings. The number of H-pyrrole nitrogens is 1. The molecule has 0 saturated heterocycles. The molecule has 0 atom stereocenters. The van der Waals surface area contributed by atoms with E-state index >= 15 is 0 Å². The summed E-state index contributed by atoms with van der Waals surface area (Å²) in [6.07, 6.45) is 2.07. The smallest absolute Gasteiger partial charge is 0.191 e. The Balaban J connectivity index is 0.000000980. The molecule has 0 bridgehead atoms. The number of carbonyl (C=O) groups is 1. The van der Waals surface area contributed by atoms with Gasteiger partial charge < -0.3 is 4.42 Å². The Morgan fingerprint density at radius 2 is 2.36 bits per heavy atom. The number of halogens is 1. The molecule has 74 valence electrons. The largest absolute Gasteiger partial charge is 0.447 e. The molecule has 2 aromatic heterocycles. The van der Waals surface area contributed by atoms with Crippen molar-refractivity contribution < 1.29 is 9.21 Å². The van der Waals surface area contributed by atoms with Gasteiger partial charge in [0.15, 0.2) is 22.3 Å². The highest BCUT2D eigenvalue weighted by atomic mass is 35.5. The summed E-state index contributed by atoms with van der Waals surface area (Å²) in [6.45, 7) is 0. The number of hydrogen-bond donors (Lipinski definition) is 1. The van der Waals surface area contributed by atoms with Crippen LogP contribution in [0.2, 0.25) is 0 Å². The number of furan rings is 1. The van der Waals surface area contributed by atoms with Gasteiger partial charge in [0.25, 0.3) is 0 Å². The first kappa shape index (κ1) is 10.8. The van der Waals surface area contributed by atoms with Gasteiger partial charge in [0.1, 0.15) is 6.33 Å². The highest BCUT2D eigenvalue weighted by Gasteiger charge is 2.04. The first-order valence-corrected chi connectivity index (χ1v) is 4.28. The van der Waals surface area contributed by atoms with Crippen molar-refractivity contribution in [3.8, 4) is 0 Å². The summed E-state index contributed by atoms with van der Waals surface area (Å²) in [6, 6.07) is 3.31. The van der Waals surface area contributed by atoms with Crippen LogP contribution >= 0.6 is 24.2 Å². The maximum Gasteiger partial charge on any atom is 0.191 e. The molecule has 14 heavy (non-hydrogen) atoms. The zero-order chi connectivity index (χ0) is 9.10. The Kier molecular flexibility index (Phi) is 3.73. The van der Waals surface area contributed by atoms with Crippen LogP contribution in [0.15, 0.2) is 33.1 Å². The molecule has 0 amide bonds. The van der Waals surface area contributed by atoms with Crippen molar-refractivity contribution in [2.45, 2.75) is 10.2 Å². The van der Waals surface area contributed by atoms with Crippen molar-refractivity contribution in [1.29, 1.82) is 0 Å². The molecule has 0 aliphatic carbocycles. The molecule has 7 heteroatoms. The lowest BCUT2D eigenvalue weighted by Gasteiger charge is -1.88. The molecule has 0 fully saturated rings. The minimum Gasteiger partial charge on any atom is -0.447 e. The second-order valence-electron chi connectivity index (χ2n) is 2.17. The average Bonchev–Trinajstić information content (AvgIpc) is 2.76. The van der Waals surface area contributed by atoms with E-state index in [1.165, 1.54) is 18.1 Å². The van der Waals surface area contributed by atoms with Crippen LogP contribution < -0.4 is 0 Å². The third-order valence-corrected chi connectivity index (χ3v) is 2.12.